The Hall–Kier alpha value is -0.890. The van der Waals surface area contributed by atoms with Crippen LogP contribution in [0.1, 0.15) is 24.0 Å². The Labute approximate surface area is 78.2 Å². The summed E-state index contributed by atoms with van der Waals surface area (Å²) in [6, 6.07) is 4.85. The molecule has 1 aromatic carbocycles. The molecule has 1 rings (SSSR count). The molecule has 0 spiro atoms. The van der Waals surface area contributed by atoms with E-state index in [1.807, 2.05) is 6.92 Å². The lowest BCUT2D eigenvalue weighted by Crippen LogP contribution is -1.92. The van der Waals surface area contributed by atoms with E-state index < -0.39 is 0 Å². The summed E-state index contributed by atoms with van der Waals surface area (Å²) in [4.78, 5) is 0. The molecule has 0 aliphatic heterocycles. The molecule has 0 fully saturated rings. The lowest BCUT2D eigenvalue weighted by molar-refractivity contribution is 0.284. The zero-order valence-corrected chi connectivity index (χ0v) is 7.89. The first kappa shape index (κ1) is 10.2. The van der Waals surface area contributed by atoms with Crippen molar-refractivity contribution >= 4 is 0 Å². The van der Waals surface area contributed by atoms with Crippen molar-refractivity contribution in [3.05, 3.63) is 35.1 Å². The van der Waals surface area contributed by atoms with Gasteiger partial charge in [0.25, 0.3) is 0 Å². The number of unbranched alkanes of at least 4 members (excludes halogenated alkanes) is 1. The van der Waals surface area contributed by atoms with E-state index in [-0.39, 0.29) is 12.4 Å². The van der Waals surface area contributed by atoms with Gasteiger partial charge in [0.05, 0.1) is 0 Å². The number of rotatable bonds is 4. The molecule has 0 aliphatic carbocycles. The van der Waals surface area contributed by atoms with Gasteiger partial charge in [0, 0.05) is 6.61 Å². The average molecular weight is 182 g/mol. The summed E-state index contributed by atoms with van der Waals surface area (Å²) in [5, 5.41) is 8.59. The van der Waals surface area contributed by atoms with Gasteiger partial charge < -0.3 is 5.11 Å². The van der Waals surface area contributed by atoms with Crippen molar-refractivity contribution in [1.29, 1.82) is 0 Å². The number of aryl methyl sites for hydroxylation is 2. The molecule has 1 nitrogen and oxygen atoms in total. The first-order valence-electron chi connectivity index (χ1n) is 4.60. The van der Waals surface area contributed by atoms with Crippen molar-refractivity contribution in [2.45, 2.75) is 26.2 Å². The van der Waals surface area contributed by atoms with Crippen LogP contribution >= 0.6 is 0 Å². The van der Waals surface area contributed by atoms with Gasteiger partial charge in [-0.1, -0.05) is 6.07 Å². The molecule has 13 heavy (non-hydrogen) atoms. The van der Waals surface area contributed by atoms with Gasteiger partial charge in [0.2, 0.25) is 0 Å². The summed E-state index contributed by atoms with van der Waals surface area (Å²) in [7, 11) is 0. The predicted octanol–water partition coefficient (Wildman–Crippen LogP) is 2.45. The van der Waals surface area contributed by atoms with Gasteiger partial charge in [-0.25, -0.2) is 4.39 Å². The van der Waals surface area contributed by atoms with Crippen molar-refractivity contribution in [2.24, 2.45) is 0 Å². The average Bonchev–Trinajstić information content (AvgIpc) is 2.11. The summed E-state index contributed by atoms with van der Waals surface area (Å²) in [5.41, 5.74) is 2.17. The van der Waals surface area contributed by atoms with Gasteiger partial charge in [-0.3, -0.25) is 0 Å². The maximum absolute atomic E-state index is 12.8. The lowest BCUT2D eigenvalue weighted by Gasteiger charge is -2.04. The summed E-state index contributed by atoms with van der Waals surface area (Å²) in [6.07, 6.45) is 2.56. The molecule has 0 atom stereocenters. The van der Waals surface area contributed by atoms with Crippen LogP contribution in [0.25, 0.3) is 0 Å². The van der Waals surface area contributed by atoms with E-state index in [4.69, 9.17) is 5.11 Å². The lowest BCUT2D eigenvalue weighted by atomic mass is 10.0. The zero-order valence-electron chi connectivity index (χ0n) is 7.89. The molecular formula is C11H15FO. The Morgan fingerprint density at radius 3 is 2.77 bits per heavy atom. The second kappa shape index (κ2) is 4.97. The molecule has 0 heterocycles. The Balaban J connectivity index is 2.59. The van der Waals surface area contributed by atoms with E-state index in [1.54, 1.807) is 12.1 Å². The van der Waals surface area contributed by atoms with E-state index >= 15 is 0 Å². The van der Waals surface area contributed by atoms with Crippen LogP contribution in [-0.2, 0) is 6.42 Å². The molecular weight excluding hydrogens is 167 g/mol. The second-order valence-electron chi connectivity index (χ2n) is 3.25. The van der Waals surface area contributed by atoms with E-state index in [0.29, 0.717) is 0 Å². The normalized spacial score (nSPS) is 10.4. The van der Waals surface area contributed by atoms with E-state index in [0.717, 1.165) is 30.4 Å². The van der Waals surface area contributed by atoms with Gasteiger partial charge in [-0.05, 0) is 49.4 Å². The van der Waals surface area contributed by atoms with Crippen LogP contribution in [0.3, 0.4) is 0 Å². The fraction of sp³-hybridized carbons (Fsp3) is 0.455. The summed E-state index contributed by atoms with van der Waals surface area (Å²) < 4.78 is 12.8. The largest absolute Gasteiger partial charge is 0.396 e. The third-order valence-electron chi connectivity index (χ3n) is 2.17. The Bertz CT molecular complexity index is 271. The van der Waals surface area contributed by atoms with Gasteiger partial charge in [0.15, 0.2) is 0 Å². The van der Waals surface area contributed by atoms with Crippen molar-refractivity contribution in [3.8, 4) is 0 Å². The molecule has 2 heteroatoms. The number of benzene rings is 1. The summed E-state index contributed by atoms with van der Waals surface area (Å²) in [6.45, 7) is 2.20. The van der Waals surface area contributed by atoms with Crippen molar-refractivity contribution in [2.75, 3.05) is 6.61 Å². The third kappa shape index (κ3) is 3.15. The van der Waals surface area contributed by atoms with Crippen LogP contribution in [-0.4, -0.2) is 11.7 Å². The number of aliphatic hydroxyl groups excluding tert-OH is 1. The maximum Gasteiger partial charge on any atom is 0.123 e. The molecule has 0 saturated heterocycles. The second-order valence-corrected chi connectivity index (χ2v) is 3.25. The molecule has 0 amide bonds. The monoisotopic (exact) mass is 182 g/mol. The van der Waals surface area contributed by atoms with E-state index in [1.165, 1.54) is 6.07 Å². The molecule has 0 radical (unpaired) electrons. The van der Waals surface area contributed by atoms with Gasteiger partial charge in [0.1, 0.15) is 5.82 Å². The Morgan fingerprint density at radius 1 is 1.31 bits per heavy atom. The minimum absolute atomic E-state index is 0.176. The van der Waals surface area contributed by atoms with Crippen LogP contribution in [0.15, 0.2) is 18.2 Å². The highest BCUT2D eigenvalue weighted by Gasteiger charge is 1.99. The first-order chi connectivity index (χ1) is 6.24. The van der Waals surface area contributed by atoms with Crippen LogP contribution in [0.5, 0.6) is 0 Å². The minimum atomic E-state index is -0.176. The Morgan fingerprint density at radius 2 is 2.08 bits per heavy atom. The molecule has 0 unspecified atom stereocenters. The van der Waals surface area contributed by atoms with E-state index in [9.17, 15) is 4.39 Å². The van der Waals surface area contributed by atoms with Crippen molar-refractivity contribution in [1.82, 2.24) is 0 Å². The van der Waals surface area contributed by atoms with Gasteiger partial charge >= 0.3 is 0 Å². The standard InChI is InChI=1S/C11H15FO/c1-9-5-6-11(12)8-10(9)4-2-3-7-13/h5-6,8,13H,2-4,7H2,1H3. The van der Waals surface area contributed by atoms with Gasteiger partial charge in [-0.2, -0.15) is 0 Å². The van der Waals surface area contributed by atoms with Crippen LogP contribution in [0.2, 0.25) is 0 Å². The molecule has 72 valence electrons. The van der Waals surface area contributed by atoms with Crippen LogP contribution in [0, 0.1) is 12.7 Å². The van der Waals surface area contributed by atoms with Crippen molar-refractivity contribution < 1.29 is 9.50 Å². The van der Waals surface area contributed by atoms with E-state index in [2.05, 4.69) is 0 Å². The smallest absolute Gasteiger partial charge is 0.123 e. The number of halogens is 1. The first-order valence-corrected chi connectivity index (χ1v) is 4.60. The van der Waals surface area contributed by atoms with Crippen LogP contribution in [0.4, 0.5) is 4.39 Å². The fourth-order valence-corrected chi connectivity index (χ4v) is 1.34. The summed E-state index contributed by atoms with van der Waals surface area (Å²) >= 11 is 0. The zero-order chi connectivity index (χ0) is 9.68. The molecule has 1 aromatic rings. The predicted molar refractivity (Wildman–Crippen MR) is 51.2 cm³/mol. The van der Waals surface area contributed by atoms with Gasteiger partial charge in [-0.15, -0.1) is 0 Å². The molecule has 1 N–H and O–H groups in total. The SMILES string of the molecule is Cc1ccc(F)cc1CCCCO. The Kier molecular flexibility index (Phi) is 3.90. The fourth-order valence-electron chi connectivity index (χ4n) is 1.34. The molecule has 0 aromatic heterocycles. The number of aliphatic hydroxyl groups is 1. The molecule has 0 saturated carbocycles. The van der Waals surface area contributed by atoms with Crippen molar-refractivity contribution in [3.63, 3.8) is 0 Å². The van der Waals surface area contributed by atoms with Crippen LogP contribution < -0.4 is 0 Å². The highest BCUT2D eigenvalue weighted by atomic mass is 19.1. The molecule has 0 aliphatic rings. The topological polar surface area (TPSA) is 20.2 Å². The third-order valence-corrected chi connectivity index (χ3v) is 2.17. The quantitative estimate of drug-likeness (QED) is 0.709. The highest BCUT2D eigenvalue weighted by Crippen LogP contribution is 2.12. The minimum Gasteiger partial charge on any atom is -0.396 e. The maximum atomic E-state index is 12.8. The number of hydrogen-bond acceptors (Lipinski definition) is 1. The molecule has 0 bridgehead atoms. The summed E-state index contributed by atoms with van der Waals surface area (Å²) in [5.74, 6) is -0.176. The highest BCUT2D eigenvalue weighted by molar-refractivity contribution is 5.26. The number of hydrogen-bond donors (Lipinski definition) is 1.